The summed E-state index contributed by atoms with van der Waals surface area (Å²) in [5.41, 5.74) is 2.35. The zero-order chi connectivity index (χ0) is 10.4. The zero-order valence-corrected chi connectivity index (χ0v) is 9.76. The Hall–Kier alpha value is -0.790. The topological polar surface area (TPSA) is 15.6 Å². The molecule has 0 rings (SSSR count). The van der Waals surface area contributed by atoms with Gasteiger partial charge in [0.1, 0.15) is 0 Å². The summed E-state index contributed by atoms with van der Waals surface area (Å²) in [7, 11) is 4.05. The Morgan fingerprint density at radius 2 is 1.92 bits per heavy atom. The maximum absolute atomic E-state index is 4.57. The first-order valence-corrected chi connectivity index (χ1v) is 4.89. The van der Waals surface area contributed by atoms with Crippen LogP contribution in [0.5, 0.6) is 0 Å². The van der Waals surface area contributed by atoms with Gasteiger partial charge >= 0.3 is 0 Å². The summed E-state index contributed by atoms with van der Waals surface area (Å²) in [4.78, 5) is 6.61. The monoisotopic (exact) mass is 182 g/mol. The van der Waals surface area contributed by atoms with Gasteiger partial charge in [0.25, 0.3) is 0 Å². The molecule has 0 aliphatic carbocycles. The molecule has 0 aromatic heterocycles. The van der Waals surface area contributed by atoms with Crippen LogP contribution in [0, 0.1) is 5.92 Å². The van der Waals surface area contributed by atoms with E-state index in [4.69, 9.17) is 0 Å². The van der Waals surface area contributed by atoms with Crippen LogP contribution in [0.3, 0.4) is 0 Å². The summed E-state index contributed by atoms with van der Waals surface area (Å²) in [5.74, 6) is 0.539. The second kappa shape index (κ2) is 5.79. The second-order valence-electron chi connectivity index (χ2n) is 3.85. The van der Waals surface area contributed by atoms with Gasteiger partial charge in [-0.25, -0.2) is 0 Å². The van der Waals surface area contributed by atoms with Gasteiger partial charge in [-0.3, -0.25) is 4.99 Å². The molecule has 0 spiro atoms. The largest absolute Gasteiger partial charge is 0.382 e. The molecular formula is C11H22N2. The fourth-order valence-corrected chi connectivity index (χ4v) is 0.853. The normalized spacial score (nSPS) is 13.8. The second-order valence-corrected chi connectivity index (χ2v) is 3.85. The third-order valence-electron chi connectivity index (χ3n) is 1.92. The van der Waals surface area contributed by atoms with Gasteiger partial charge in [-0.15, -0.1) is 0 Å². The number of aliphatic imine (C=N–C) groups is 1. The van der Waals surface area contributed by atoms with Crippen molar-refractivity contribution in [3.05, 3.63) is 11.9 Å². The third-order valence-corrected chi connectivity index (χ3v) is 1.92. The van der Waals surface area contributed by atoms with Gasteiger partial charge in [0.2, 0.25) is 0 Å². The van der Waals surface area contributed by atoms with Crippen LogP contribution in [0.15, 0.2) is 16.9 Å². The lowest BCUT2D eigenvalue weighted by Gasteiger charge is -2.09. The number of hydrogen-bond donors (Lipinski definition) is 0. The van der Waals surface area contributed by atoms with Crippen molar-refractivity contribution < 1.29 is 0 Å². The Bertz CT molecular complexity index is 200. The highest BCUT2D eigenvalue weighted by Crippen LogP contribution is 2.07. The van der Waals surface area contributed by atoms with E-state index >= 15 is 0 Å². The average Bonchev–Trinajstić information content (AvgIpc) is 2.02. The molecule has 0 aromatic rings. The smallest absolute Gasteiger partial charge is 0.0558 e. The van der Waals surface area contributed by atoms with Crippen molar-refractivity contribution in [2.75, 3.05) is 14.1 Å². The molecule has 0 atom stereocenters. The molecule has 0 saturated heterocycles. The van der Waals surface area contributed by atoms with Crippen LogP contribution >= 0.6 is 0 Å². The predicted molar refractivity (Wildman–Crippen MR) is 60.0 cm³/mol. The lowest BCUT2D eigenvalue weighted by molar-refractivity contribution is 0.554. The minimum absolute atomic E-state index is 0.539. The van der Waals surface area contributed by atoms with Crippen LogP contribution in [0.4, 0.5) is 0 Å². The van der Waals surface area contributed by atoms with Gasteiger partial charge < -0.3 is 4.90 Å². The maximum Gasteiger partial charge on any atom is 0.0558 e. The van der Waals surface area contributed by atoms with Gasteiger partial charge in [0.05, 0.1) is 5.70 Å². The van der Waals surface area contributed by atoms with E-state index < -0.39 is 0 Å². The van der Waals surface area contributed by atoms with E-state index in [1.165, 1.54) is 5.71 Å². The molecule has 76 valence electrons. The van der Waals surface area contributed by atoms with Crippen LogP contribution in [-0.4, -0.2) is 24.7 Å². The van der Waals surface area contributed by atoms with Crippen LogP contribution < -0.4 is 0 Å². The first-order chi connectivity index (χ1) is 5.97. The molecule has 0 aromatic carbocycles. The molecule has 2 nitrogen and oxygen atoms in total. The molecule has 0 fully saturated rings. The molecular weight excluding hydrogens is 160 g/mol. The molecule has 0 amide bonds. The van der Waals surface area contributed by atoms with Crippen molar-refractivity contribution in [1.29, 1.82) is 0 Å². The molecule has 0 bridgehead atoms. The molecule has 0 aliphatic heterocycles. The minimum atomic E-state index is 0.539. The average molecular weight is 182 g/mol. The van der Waals surface area contributed by atoms with E-state index in [2.05, 4.69) is 38.9 Å². The van der Waals surface area contributed by atoms with Gasteiger partial charge in [0, 0.05) is 26.0 Å². The molecule has 0 saturated carbocycles. The van der Waals surface area contributed by atoms with E-state index in [1.807, 2.05) is 19.0 Å². The number of nitrogens with zero attached hydrogens (tertiary/aromatic N) is 2. The van der Waals surface area contributed by atoms with Crippen LogP contribution in [0.2, 0.25) is 0 Å². The summed E-state index contributed by atoms with van der Waals surface area (Å²) in [6, 6.07) is 0. The Kier molecular flexibility index (Phi) is 5.44. The van der Waals surface area contributed by atoms with Crippen molar-refractivity contribution in [2.45, 2.75) is 34.1 Å². The van der Waals surface area contributed by atoms with Crippen LogP contribution in [0.25, 0.3) is 0 Å². The van der Waals surface area contributed by atoms with E-state index in [0.29, 0.717) is 5.92 Å². The lowest BCUT2D eigenvalue weighted by Crippen LogP contribution is -2.05. The fraction of sp³-hybridized carbons (Fsp3) is 0.727. The molecule has 0 N–H and O–H groups in total. The summed E-state index contributed by atoms with van der Waals surface area (Å²) >= 11 is 0. The number of allylic oxidation sites excluding steroid dienone is 1. The maximum atomic E-state index is 4.57. The van der Waals surface area contributed by atoms with E-state index in [0.717, 1.165) is 12.1 Å². The van der Waals surface area contributed by atoms with Gasteiger partial charge in [-0.2, -0.15) is 0 Å². The molecule has 0 unspecified atom stereocenters. The van der Waals surface area contributed by atoms with Crippen molar-refractivity contribution in [3.63, 3.8) is 0 Å². The fourth-order valence-electron chi connectivity index (χ4n) is 0.853. The molecule has 2 heteroatoms. The third kappa shape index (κ3) is 5.45. The first-order valence-electron chi connectivity index (χ1n) is 4.89. The Morgan fingerprint density at radius 1 is 1.38 bits per heavy atom. The highest BCUT2D eigenvalue weighted by molar-refractivity contribution is 5.84. The summed E-state index contributed by atoms with van der Waals surface area (Å²) < 4.78 is 0. The first kappa shape index (κ1) is 12.2. The van der Waals surface area contributed by atoms with E-state index in [-0.39, 0.29) is 0 Å². The highest BCUT2D eigenvalue weighted by atomic mass is 15.0. The van der Waals surface area contributed by atoms with Gasteiger partial charge in [0.15, 0.2) is 0 Å². The summed E-state index contributed by atoms with van der Waals surface area (Å²) in [6.45, 7) is 8.56. The summed E-state index contributed by atoms with van der Waals surface area (Å²) in [5, 5.41) is 0. The van der Waals surface area contributed by atoms with E-state index in [9.17, 15) is 0 Å². The van der Waals surface area contributed by atoms with Crippen molar-refractivity contribution in [1.82, 2.24) is 4.90 Å². The standard InChI is InChI=1S/C11H22N2/c1-7-11(8-13(5)6)12-10(4)9(2)3/h8-9H,7H2,1-6H3/b11-8-,12-10?. The molecule has 13 heavy (non-hydrogen) atoms. The molecule has 0 aliphatic rings. The minimum Gasteiger partial charge on any atom is -0.382 e. The molecule has 0 heterocycles. The quantitative estimate of drug-likeness (QED) is 0.610. The van der Waals surface area contributed by atoms with Crippen molar-refractivity contribution in [2.24, 2.45) is 10.9 Å². The van der Waals surface area contributed by atoms with Crippen molar-refractivity contribution >= 4 is 5.71 Å². The number of hydrogen-bond acceptors (Lipinski definition) is 2. The lowest BCUT2D eigenvalue weighted by atomic mass is 10.1. The van der Waals surface area contributed by atoms with Crippen molar-refractivity contribution in [3.8, 4) is 0 Å². The van der Waals surface area contributed by atoms with Gasteiger partial charge in [-0.05, 0) is 19.3 Å². The van der Waals surface area contributed by atoms with Gasteiger partial charge in [-0.1, -0.05) is 20.8 Å². The Balaban J connectivity index is 4.53. The Labute approximate surface area is 82.4 Å². The highest BCUT2D eigenvalue weighted by Gasteiger charge is 1.99. The van der Waals surface area contributed by atoms with E-state index in [1.54, 1.807) is 0 Å². The number of rotatable bonds is 4. The Morgan fingerprint density at radius 3 is 2.23 bits per heavy atom. The summed E-state index contributed by atoms with van der Waals surface area (Å²) in [6.07, 6.45) is 3.06. The zero-order valence-electron chi connectivity index (χ0n) is 9.76. The SMILES string of the molecule is CC/C(=C/N(C)C)N=C(C)C(C)C. The van der Waals surface area contributed by atoms with Crippen LogP contribution in [0.1, 0.15) is 34.1 Å². The predicted octanol–water partition coefficient (Wildman–Crippen LogP) is 2.92. The molecule has 0 radical (unpaired) electrons. The van der Waals surface area contributed by atoms with Crippen LogP contribution in [-0.2, 0) is 0 Å².